The molecule has 0 aliphatic carbocycles. The van der Waals surface area contributed by atoms with Crippen LogP contribution in [-0.4, -0.2) is 0 Å². The highest BCUT2D eigenvalue weighted by Crippen LogP contribution is 2.10. The van der Waals surface area contributed by atoms with E-state index in [9.17, 15) is 0 Å². The Morgan fingerprint density at radius 3 is 1.67 bits per heavy atom. The van der Waals surface area contributed by atoms with E-state index < -0.39 is 0 Å². The number of rotatable bonds is 8. The Kier molecular flexibility index (Phi) is 9.92. The Hall–Kier alpha value is -2.44. The molecule has 0 amide bonds. The molecule has 0 N–H and O–H groups in total. The van der Waals surface area contributed by atoms with Gasteiger partial charge in [-0.25, -0.2) is 0 Å². The van der Waals surface area contributed by atoms with Gasteiger partial charge in [-0.3, -0.25) is 0 Å². The third-order valence-corrected chi connectivity index (χ3v) is 4.65. The second kappa shape index (κ2) is 12.8. The largest absolute Gasteiger partial charge is 0.0979 e. The molecule has 2 rings (SSSR count). The van der Waals surface area contributed by atoms with Crippen molar-refractivity contribution >= 4 is 0 Å². The zero-order chi connectivity index (χ0) is 19.2. The van der Waals surface area contributed by atoms with E-state index in [-0.39, 0.29) is 0 Å². The first-order chi connectivity index (χ1) is 13.3. The second-order valence-corrected chi connectivity index (χ2v) is 7.09. The topological polar surface area (TPSA) is 0 Å². The van der Waals surface area contributed by atoms with Crippen LogP contribution in [-0.2, 0) is 6.42 Å². The van der Waals surface area contributed by atoms with Gasteiger partial charge in [0.2, 0.25) is 0 Å². The molecule has 0 saturated carbocycles. The molecule has 0 radical (unpaired) electrons. The first kappa shape index (κ1) is 20.9. The minimum atomic E-state index is 0.979. The van der Waals surface area contributed by atoms with Gasteiger partial charge in [0.1, 0.15) is 0 Å². The Morgan fingerprint density at radius 1 is 0.556 bits per heavy atom. The quantitative estimate of drug-likeness (QED) is 0.348. The van der Waals surface area contributed by atoms with Crippen molar-refractivity contribution in [2.24, 2.45) is 0 Å². The molecular weight excluding hydrogens is 324 g/mol. The molecule has 2 aromatic rings. The molecule has 0 aliphatic heterocycles. The van der Waals surface area contributed by atoms with Crippen molar-refractivity contribution in [1.29, 1.82) is 0 Å². The van der Waals surface area contributed by atoms with Gasteiger partial charge in [-0.1, -0.05) is 81.8 Å². The normalized spacial score (nSPS) is 9.85. The molecule has 0 heteroatoms. The predicted molar refractivity (Wildman–Crippen MR) is 118 cm³/mol. The minimum absolute atomic E-state index is 0.979. The van der Waals surface area contributed by atoms with Crippen LogP contribution in [0.2, 0.25) is 0 Å². The van der Waals surface area contributed by atoms with Crippen LogP contribution in [0.1, 0.15) is 87.5 Å². The van der Waals surface area contributed by atoms with Crippen molar-refractivity contribution in [3.05, 3.63) is 70.8 Å². The smallest absolute Gasteiger partial charge is 0.0249 e. The monoisotopic (exact) mass is 356 g/mol. The molecule has 0 spiro atoms. The van der Waals surface area contributed by atoms with Crippen molar-refractivity contribution in [2.75, 3.05) is 0 Å². The maximum Gasteiger partial charge on any atom is 0.0249 e. The molecule has 0 unspecified atom stereocenters. The van der Waals surface area contributed by atoms with Crippen LogP contribution < -0.4 is 0 Å². The Balaban J connectivity index is 1.84. The fourth-order valence-corrected chi connectivity index (χ4v) is 2.90. The van der Waals surface area contributed by atoms with Crippen LogP contribution >= 0.6 is 0 Å². The van der Waals surface area contributed by atoms with Gasteiger partial charge in [-0.15, -0.1) is 0 Å². The summed E-state index contributed by atoms with van der Waals surface area (Å²) in [6.07, 6.45) is 11.2. The number of benzene rings is 2. The highest BCUT2D eigenvalue weighted by molar-refractivity contribution is 5.46. The van der Waals surface area contributed by atoms with E-state index >= 15 is 0 Å². The van der Waals surface area contributed by atoms with Crippen molar-refractivity contribution in [3.8, 4) is 23.7 Å². The van der Waals surface area contributed by atoms with Crippen molar-refractivity contribution in [2.45, 2.75) is 71.6 Å². The van der Waals surface area contributed by atoms with E-state index in [4.69, 9.17) is 0 Å². The van der Waals surface area contributed by atoms with Gasteiger partial charge in [0, 0.05) is 23.1 Å². The number of unbranched alkanes of at least 4 members (excludes halogenated alkanes) is 6. The maximum atomic E-state index is 3.27. The average Bonchev–Trinajstić information content (AvgIpc) is 2.71. The lowest BCUT2D eigenvalue weighted by Gasteiger charge is -2.01. The van der Waals surface area contributed by atoms with Crippen molar-refractivity contribution in [3.63, 3.8) is 0 Å². The van der Waals surface area contributed by atoms with Gasteiger partial charge in [0.15, 0.2) is 0 Å². The SMILES string of the molecule is CCCCC#Cc1ccc(C#Cc2ccc(CCCCCCC)cc2)cc1. The van der Waals surface area contributed by atoms with Crippen LogP contribution in [0.25, 0.3) is 0 Å². The average molecular weight is 357 g/mol. The van der Waals surface area contributed by atoms with Crippen LogP contribution in [0.4, 0.5) is 0 Å². The summed E-state index contributed by atoms with van der Waals surface area (Å²) in [6, 6.07) is 17.0. The summed E-state index contributed by atoms with van der Waals surface area (Å²) in [5.41, 5.74) is 4.60. The van der Waals surface area contributed by atoms with Crippen molar-refractivity contribution < 1.29 is 0 Å². The van der Waals surface area contributed by atoms with Crippen LogP contribution in [0.5, 0.6) is 0 Å². The van der Waals surface area contributed by atoms with E-state index in [2.05, 4.69) is 86.1 Å². The first-order valence-electron chi connectivity index (χ1n) is 10.5. The number of hydrogen-bond acceptors (Lipinski definition) is 0. The lowest BCUT2D eigenvalue weighted by molar-refractivity contribution is 0.632. The highest BCUT2D eigenvalue weighted by atomic mass is 14.0. The molecule has 0 atom stereocenters. The highest BCUT2D eigenvalue weighted by Gasteiger charge is 1.95. The summed E-state index contributed by atoms with van der Waals surface area (Å²) >= 11 is 0. The van der Waals surface area contributed by atoms with Gasteiger partial charge in [0.05, 0.1) is 0 Å². The fraction of sp³-hybridized carbons (Fsp3) is 0.407. The molecular formula is C27H32. The van der Waals surface area contributed by atoms with Gasteiger partial charge in [-0.05, 0) is 61.2 Å². The van der Waals surface area contributed by atoms with Crippen LogP contribution in [0.15, 0.2) is 48.5 Å². The molecule has 27 heavy (non-hydrogen) atoms. The summed E-state index contributed by atoms with van der Waals surface area (Å²) in [7, 11) is 0. The van der Waals surface area contributed by atoms with E-state index in [1.165, 1.54) is 56.9 Å². The standard InChI is InChI=1S/C27H32/c1-3-5-7-9-11-13-25-16-20-27(21-17-25)23-22-26-18-14-24(15-19-26)12-10-8-6-4-2/h14-21H,3-9,11,13H2,1-2H3. The van der Waals surface area contributed by atoms with Gasteiger partial charge >= 0.3 is 0 Å². The van der Waals surface area contributed by atoms with E-state index in [0.717, 1.165) is 23.1 Å². The molecule has 0 aliphatic rings. The summed E-state index contributed by atoms with van der Waals surface area (Å²) in [6.45, 7) is 4.45. The molecule has 0 fully saturated rings. The van der Waals surface area contributed by atoms with Gasteiger partial charge in [0.25, 0.3) is 0 Å². The zero-order valence-corrected chi connectivity index (χ0v) is 17.0. The Labute approximate surface area is 166 Å². The fourth-order valence-electron chi connectivity index (χ4n) is 2.90. The summed E-state index contributed by atoms with van der Waals surface area (Å²) in [5, 5.41) is 0. The van der Waals surface area contributed by atoms with Crippen LogP contribution in [0, 0.1) is 23.7 Å². The molecule has 0 heterocycles. The molecule has 0 bridgehead atoms. The zero-order valence-electron chi connectivity index (χ0n) is 17.0. The third kappa shape index (κ3) is 8.66. The molecule has 0 aromatic heterocycles. The lowest BCUT2D eigenvalue weighted by Crippen LogP contribution is -1.86. The first-order valence-corrected chi connectivity index (χ1v) is 10.5. The van der Waals surface area contributed by atoms with Gasteiger partial charge in [-0.2, -0.15) is 0 Å². The Bertz CT molecular complexity index is 770. The molecule has 0 saturated heterocycles. The van der Waals surface area contributed by atoms with E-state index in [1.807, 2.05) is 0 Å². The summed E-state index contributed by atoms with van der Waals surface area (Å²) in [5.74, 6) is 13.0. The number of hydrogen-bond donors (Lipinski definition) is 0. The lowest BCUT2D eigenvalue weighted by atomic mass is 10.0. The number of aryl methyl sites for hydroxylation is 1. The molecule has 140 valence electrons. The van der Waals surface area contributed by atoms with Gasteiger partial charge < -0.3 is 0 Å². The van der Waals surface area contributed by atoms with E-state index in [1.54, 1.807) is 0 Å². The summed E-state index contributed by atoms with van der Waals surface area (Å²) < 4.78 is 0. The molecule has 0 nitrogen and oxygen atoms in total. The van der Waals surface area contributed by atoms with Crippen LogP contribution in [0.3, 0.4) is 0 Å². The summed E-state index contributed by atoms with van der Waals surface area (Å²) in [4.78, 5) is 0. The molecule has 2 aromatic carbocycles. The van der Waals surface area contributed by atoms with E-state index in [0.29, 0.717) is 0 Å². The van der Waals surface area contributed by atoms with Crippen molar-refractivity contribution in [1.82, 2.24) is 0 Å². The predicted octanol–water partition coefficient (Wildman–Crippen LogP) is 7.14. The maximum absolute atomic E-state index is 3.27. The Morgan fingerprint density at radius 2 is 1.07 bits per heavy atom. The minimum Gasteiger partial charge on any atom is -0.0979 e. The third-order valence-electron chi connectivity index (χ3n) is 4.65. The second-order valence-electron chi connectivity index (χ2n) is 7.09.